The van der Waals surface area contributed by atoms with Gasteiger partial charge >= 0.3 is 5.63 Å². The van der Waals surface area contributed by atoms with Crippen molar-refractivity contribution in [2.45, 2.75) is 13.3 Å². The third-order valence-electron chi connectivity index (χ3n) is 3.72. The second-order valence-corrected chi connectivity index (χ2v) is 5.12. The summed E-state index contributed by atoms with van der Waals surface area (Å²) in [6.45, 7) is 1.92. The number of methoxy groups -OCH3 is 1. The minimum Gasteiger partial charge on any atom is -0.497 e. The highest BCUT2D eigenvalue weighted by molar-refractivity contribution is 5.82. The van der Waals surface area contributed by atoms with Gasteiger partial charge in [0.1, 0.15) is 17.2 Å². The van der Waals surface area contributed by atoms with E-state index >= 15 is 0 Å². The van der Waals surface area contributed by atoms with E-state index in [4.69, 9.17) is 14.9 Å². The Bertz CT molecular complexity index is 900. The normalized spacial score (nSPS) is 10.8. The number of nitrogens with two attached hydrogens (primary N) is 1. The standard InChI is InChI=1S/C17H16N2O3/c1-10-13-4-3-12(21-2)9-15(13)22-17(20)14(10)7-11-5-6-19-16(18)8-11/h3-6,8-9H,7H2,1-2H3,(H2,18,19). The smallest absolute Gasteiger partial charge is 0.340 e. The molecule has 2 N–H and O–H groups in total. The molecule has 0 saturated carbocycles. The number of benzene rings is 1. The molecule has 0 bridgehead atoms. The molecule has 0 atom stereocenters. The van der Waals surface area contributed by atoms with Crippen molar-refractivity contribution in [3.63, 3.8) is 0 Å². The maximum Gasteiger partial charge on any atom is 0.340 e. The zero-order valence-corrected chi connectivity index (χ0v) is 12.4. The average molecular weight is 296 g/mol. The number of aryl methyl sites for hydroxylation is 1. The van der Waals surface area contributed by atoms with Gasteiger partial charge in [-0.05, 0) is 42.3 Å². The largest absolute Gasteiger partial charge is 0.497 e. The number of rotatable bonds is 3. The average Bonchev–Trinajstić information content (AvgIpc) is 2.51. The third-order valence-corrected chi connectivity index (χ3v) is 3.72. The molecule has 0 spiro atoms. The number of ether oxygens (including phenoxy) is 1. The van der Waals surface area contributed by atoms with Crippen LogP contribution in [0.2, 0.25) is 0 Å². The summed E-state index contributed by atoms with van der Waals surface area (Å²) >= 11 is 0. The lowest BCUT2D eigenvalue weighted by molar-refractivity contribution is 0.414. The predicted molar refractivity (Wildman–Crippen MR) is 85.2 cm³/mol. The van der Waals surface area contributed by atoms with Crippen molar-refractivity contribution < 1.29 is 9.15 Å². The van der Waals surface area contributed by atoms with Gasteiger partial charge in [0.25, 0.3) is 0 Å². The summed E-state index contributed by atoms with van der Waals surface area (Å²) in [5.74, 6) is 1.09. The minimum atomic E-state index is -0.339. The highest BCUT2D eigenvalue weighted by atomic mass is 16.5. The number of pyridine rings is 1. The van der Waals surface area contributed by atoms with E-state index in [1.54, 1.807) is 25.4 Å². The van der Waals surface area contributed by atoms with Crippen LogP contribution in [-0.2, 0) is 6.42 Å². The van der Waals surface area contributed by atoms with Crippen LogP contribution < -0.4 is 16.1 Å². The van der Waals surface area contributed by atoms with Crippen molar-refractivity contribution in [2.75, 3.05) is 12.8 Å². The van der Waals surface area contributed by atoms with Crippen LogP contribution in [0.4, 0.5) is 5.82 Å². The van der Waals surface area contributed by atoms with E-state index in [2.05, 4.69) is 4.98 Å². The molecule has 0 aliphatic carbocycles. The highest BCUT2D eigenvalue weighted by Gasteiger charge is 2.12. The zero-order valence-electron chi connectivity index (χ0n) is 12.4. The molecule has 112 valence electrons. The first-order valence-corrected chi connectivity index (χ1v) is 6.89. The minimum absolute atomic E-state index is 0.339. The van der Waals surface area contributed by atoms with E-state index in [0.717, 1.165) is 16.5 Å². The van der Waals surface area contributed by atoms with Crippen LogP contribution in [0.3, 0.4) is 0 Å². The molecule has 0 radical (unpaired) electrons. The summed E-state index contributed by atoms with van der Waals surface area (Å²) in [7, 11) is 1.58. The number of aromatic nitrogens is 1. The lowest BCUT2D eigenvalue weighted by Gasteiger charge is -2.09. The number of fused-ring (bicyclic) bond motifs is 1. The molecule has 3 rings (SSSR count). The van der Waals surface area contributed by atoms with Crippen LogP contribution in [0.25, 0.3) is 11.0 Å². The second kappa shape index (κ2) is 5.52. The lowest BCUT2D eigenvalue weighted by atomic mass is 10.00. The van der Waals surface area contributed by atoms with Crippen LogP contribution in [0.5, 0.6) is 5.75 Å². The lowest BCUT2D eigenvalue weighted by Crippen LogP contribution is -2.11. The summed E-state index contributed by atoms with van der Waals surface area (Å²) in [6.07, 6.45) is 2.09. The van der Waals surface area contributed by atoms with E-state index in [1.165, 1.54) is 0 Å². The number of nitrogens with zero attached hydrogens (tertiary/aromatic N) is 1. The van der Waals surface area contributed by atoms with Gasteiger partial charge in [-0.3, -0.25) is 0 Å². The maximum absolute atomic E-state index is 12.3. The molecule has 0 saturated heterocycles. The topological polar surface area (TPSA) is 78.4 Å². The Balaban J connectivity index is 2.12. The predicted octanol–water partition coefficient (Wildman–Crippen LogP) is 2.68. The first kappa shape index (κ1) is 14.1. The fraction of sp³-hybridized carbons (Fsp3) is 0.176. The SMILES string of the molecule is COc1ccc2c(C)c(Cc3ccnc(N)c3)c(=O)oc2c1. The Morgan fingerprint density at radius 3 is 2.82 bits per heavy atom. The summed E-state index contributed by atoms with van der Waals surface area (Å²) in [6, 6.07) is 9.07. The van der Waals surface area contributed by atoms with Gasteiger partial charge < -0.3 is 14.9 Å². The maximum atomic E-state index is 12.3. The first-order valence-electron chi connectivity index (χ1n) is 6.89. The molecular formula is C17H16N2O3. The molecule has 22 heavy (non-hydrogen) atoms. The Morgan fingerprint density at radius 1 is 1.27 bits per heavy atom. The quantitative estimate of drug-likeness (QED) is 0.752. The van der Waals surface area contributed by atoms with Crippen molar-refractivity contribution in [3.05, 3.63) is 63.6 Å². The molecule has 2 heterocycles. The molecule has 1 aromatic carbocycles. The molecule has 5 nitrogen and oxygen atoms in total. The van der Waals surface area contributed by atoms with E-state index in [9.17, 15) is 4.79 Å². The van der Waals surface area contributed by atoms with E-state index in [1.807, 2.05) is 25.1 Å². The van der Waals surface area contributed by atoms with Gasteiger partial charge in [-0.25, -0.2) is 9.78 Å². The van der Waals surface area contributed by atoms with Gasteiger partial charge in [-0.2, -0.15) is 0 Å². The Hall–Kier alpha value is -2.82. The van der Waals surface area contributed by atoms with Gasteiger partial charge in [-0.1, -0.05) is 0 Å². The van der Waals surface area contributed by atoms with Crippen molar-refractivity contribution in [2.24, 2.45) is 0 Å². The third kappa shape index (κ3) is 2.53. The molecule has 0 amide bonds. The number of nitrogen functional groups attached to an aromatic ring is 1. The summed E-state index contributed by atoms with van der Waals surface area (Å²) in [5, 5.41) is 0.900. The van der Waals surface area contributed by atoms with Crippen LogP contribution >= 0.6 is 0 Å². The van der Waals surface area contributed by atoms with E-state index in [-0.39, 0.29) is 5.63 Å². The van der Waals surface area contributed by atoms with Gasteiger partial charge in [0, 0.05) is 29.6 Å². The van der Waals surface area contributed by atoms with Crippen molar-refractivity contribution in [1.82, 2.24) is 4.98 Å². The monoisotopic (exact) mass is 296 g/mol. The molecule has 2 aromatic heterocycles. The van der Waals surface area contributed by atoms with E-state index in [0.29, 0.717) is 29.1 Å². The zero-order chi connectivity index (χ0) is 15.7. The van der Waals surface area contributed by atoms with Crippen molar-refractivity contribution in [3.8, 4) is 5.75 Å². The van der Waals surface area contributed by atoms with Gasteiger partial charge in [0.15, 0.2) is 0 Å². The van der Waals surface area contributed by atoms with Crippen LogP contribution in [-0.4, -0.2) is 12.1 Å². The first-order chi connectivity index (χ1) is 10.6. The van der Waals surface area contributed by atoms with Crippen LogP contribution in [0.1, 0.15) is 16.7 Å². The molecule has 0 unspecified atom stereocenters. The number of hydrogen-bond acceptors (Lipinski definition) is 5. The highest BCUT2D eigenvalue weighted by Crippen LogP contribution is 2.25. The summed E-state index contributed by atoms with van der Waals surface area (Å²) in [5.41, 5.74) is 8.33. The van der Waals surface area contributed by atoms with Gasteiger partial charge in [0.05, 0.1) is 7.11 Å². The molecule has 0 aliphatic heterocycles. The Labute approximate surface area is 127 Å². The Kier molecular flexibility index (Phi) is 3.55. The Morgan fingerprint density at radius 2 is 2.09 bits per heavy atom. The number of hydrogen-bond donors (Lipinski definition) is 1. The van der Waals surface area contributed by atoms with Crippen molar-refractivity contribution >= 4 is 16.8 Å². The second-order valence-electron chi connectivity index (χ2n) is 5.12. The van der Waals surface area contributed by atoms with Crippen LogP contribution in [0, 0.1) is 6.92 Å². The van der Waals surface area contributed by atoms with E-state index < -0.39 is 0 Å². The molecule has 0 fully saturated rings. The number of anilines is 1. The fourth-order valence-electron chi connectivity index (χ4n) is 2.51. The summed E-state index contributed by atoms with van der Waals surface area (Å²) < 4.78 is 10.6. The molecule has 3 aromatic rings. The van der Waals surface area contributed by atoms with Crippen LogP contribution in [0.15, 0.2) is 45.7 Å². The molecule has 5 heteroatoms. The fourth-order valence-corrected chi connectivity index (χ4v) is 2.51. The van der Waals surface area contributed by atoms with Gasteiger partial charge in [0.2, 0.25) is 0 Å². The molecular weight excluding hydrogens is 280 g/mol. The molecule has 0 aliphatic rings. The summed E-state index contributed by atoms with van der Waals surface area (Å²) in [4.78, 5) is 16.2. The van der Waals surface area contributed by atoms with Crippen molar-refractivity contribution in [1.29, 1.82) is 0 Å². The van der Waals surface area contributed by atoms with Gasteiger partial charge in [-0.15, -0.1) is 0 Å².